The Labute approximate surface area is 294 Å². The summed E-state index contributed by atoms with van der Waals surface area (Å²) >= 11 is 0. The van der Waals surface area contributed by atoms with Gasteiger partial charge in [-0.1, -0.05) is 34.6 Å². The summed E-state index contributed by atoms with van der Waals surface area (Å²) < 4.78 is 18.7. The van der Waals surface area contributed by atoms with Crippen molar-refractivity contribution in [3.63, 3.8) is 0 Å². The molecule has 7 rings (SSSR count). The average Bonchev–Trinajstić information content (AvgIpc) is 3.36. The van der Waals surface area contributed by atoms with Gasteiger partial charge < -0.3 is 50.0 Å². The highest BCUT2D eigenvalue weighted by atomic mass is 16.7. The Morgan fingerprint density at radius 3 is 2.28 bits per heavy atom. The van der Waals surface area contributed by atoms with Gasteiger partial charge in [0.25, 0.3) is 0 Å². The Morgan fingerprint density at radius 2 is 1.64 bits per heavy atom. The molecule has 50 heavy (non-hydrogen) atoms. The first-order chi connectivity index (χ1) is 23.2. The van der Waals surface area contributed by atoms with Crippen molar-refractivity contribution >= 4 is 11.9 Å². The standard InChI is InChI=1S/C37H59NO12/c1-8-18(4)30(42)49-29-24(39)23-19(16-38-15-17(3)10-11-21(38)34(23,7)45)20-14-35-28(36(20,29)46)26(41)25(40)27-32(35,5)13-12-22(37(27,47)50-35)48-31(43)33(6,44)9-2/h17-29,39-41,44-47H,8-16H2,1-7H3/t17-,18+,19-,20-,21-,22-,23+,24-,25-,26+,27-,28+,29-,32-,33-,34+,35+,36-,37+/m0/s1. The van der Waals surface area contributed by atoms with Crippen molar-refractivity contribution in [1.82, 2.24) is 4.90 Å². The summed E-state index contributed by atoms with van der Waals surface area (Å²) in [7, 11) is 0. The van der Waals surface area contributed by atoms with Gasteiger partial charge in [0.2, 0.25) is 5.79 Å². The molecule has 284 valence electrons. The topological polar surface area (TPSA) is 207 Å². The SMILES string of the molecule is CC[C@@H](C)C(=O)O[C@H]1[C@@H](O)[C@H]2[C@@H](CN3C[C@@H](C)CC[C@H]3[C@@]2(C)O)[C@@H]2C[C@]34O[C@]5(O)[C@@H](OC(=O)[C@@](C)(O)CC)CC[C@@]3(C)[C@@H]5[C@@H](O)[C@@H](O)[C@H]4[C@@]21O. The van der Waals surface area contributed by atoms with Crippen LogP contribution in [0.5, 0.6) is 0 Å². The van der Waals surface area contributed by atoms with E-state index in [1.54, 1.807) is 20.8 Å². The Hall–Kier alpha value is -1.42. The highest BCUT2D eigenvalue weighted by molar-refractivity contribution is 5.79. The summed E-state index contributed by atoms with van der Waals surface area (Å²) in [5, 5.41) is 85.4. The Kier molecular flexibility index (Phi) is 8.52. The average molecular weight is 710 g/mol. The molecule has 0 unspecified atom stereocenters. The minimum Gasteiger partial charge on any atom is -0.456 e. The van der Waals surface area contributed by atoms with Crippen LogP contribution in [0.1, 0.15) is 93.4 Å². The molecular formula is C37H59NO12. The molecule has 0 radical (unpaired) electrons. The fourth-order valence-electron chi connectivity index (χ4n) is 12.5. The van der Waals surface area contributed by atoms with Crippen molar-refractivity contribution < 1.29 is 59.5 Å². The second-order valence-corrected chi connectivity index (χ2v) is 18.1. The lowest BCUT2D eigenvalue weighted by molar-refractivity contribution is -0.301. The van der Waals surface area contributed by atoms with Gasteiger partial charge in [0.15, 0.2) is 17.8 Å². The van der Waals surface area contributed by atoms with Crippen molar-refractivity contribution in [3.8, 4) is 0 Å². The molecule has 0 aromatic carbocycles. The first-order valence-electron chi connectivity index (χ1n) is 19.0. The van der Waals surface area contributed by atoms with Crippen LogP contribution in [-0.4, -0.2) is 130 Å². The number of ether oxygens (including phenoxy) is 3. The van der Waals surface area contributed by atoms with E-state index in [1.165, 1.54) is 6.92 Å². The summed E-state index contributed by atoms with van der Waals surface area (Å²) in [4.78, 5) is 28.9. The predicted octanol–water partition coefficient (Wildman–Crippen LogP) is 0.466. The summed E-state index contributed by atoms with van der Waals surface area (Å²) in [6.45, 7) is 13.3. The molecule has 0 aromatic heterocycles. The zero-order valence-corrected chi connectivity index (χ0v) is 30.5. The molecule has 1 spiro atoms. The number of esters is 2. The number of aliphatic hydroxyl groups is 7. The normalized spacial score (nSPS) is 55.5. The van der Waals surface area contributed by atoms with Gasteiger partial charge in [0.1, 0.15) is 5.60 Å². The summed E-state index contributed by atoms with van der Waals surface area (Å²) in [6.07, 6.45) is -5.18. The van der Waals surface area contributed by atoms with Crippen molar-refractivity contribution in [3.05, 3.63) is 0 Å². The number of hydrogen-bond donors (Lipinski definition) is 7. The van der Waals surface area contributed by atoms with E-state index in [2.05, 4.69) is 11.8 Å². The van der Waals surface area contributed by atoms with Crippen LogP contribution in [0.15, 0.2) is 0 Å². The summed E-state index contributed by atoms with van der Waals surface area (Å²) in [5.41, 5.74) is -8.00. The van der Waals surface area contributed by atoms with Gasteiger partial charge in [-0.3, -0.25) is 9.69 Å². The molecular weight excluding hydrogens is 650 g/mol. The first-order valence-corrected chi connectivity index (χ1v) is 19.0. The number of hydrogen-bond acceptors (Lipinski definition) is 13. The molecule has 3 aliphatic heterocycles. The molecule has 7 aliphatic rings. The monoisotopic (exact) mass is 709 g/mol. The molecule has 19 atom stereocenters. The smallest absolute Gasteiger partial charge is 0.338 e. The molecule has 3 saturated heterocycles. The fraction of sp³-hybridized carbons (Fsp3) is 0.946. The third kappa shape index (κ3) is 4.50. The van der Waals surface area contributed by atoms with Crippen LogP contribution in [-0.2, 0) is 23.8 Å². The van der Waals surface area contributed by atoms with Gasteiger partial charge in [0.05, 0.1) is 47.3 Å². The minimum absolute atomic E-state index is 0.0586. The van der Waals surface area contributed by atoms with Crippen molar-refractivity contribution in [2.45, 2.75) is 158 Å². The van der Waals surface area contributed by atoms with Gasteiger partial charge in [-0.25, -0.2) is 4.79 Å². The van der Waals surface area contributed by atoms with Crippen molar-refractivity contribution in [1.29, 1.82) is 0 Å². The van der Waals surface area contributed by atoms with E-state index in [9.17, 15) is 45.3 Å². The predicted molar refractivity (Wildman–Crippen MR) is 176 cm³/mol. The molecule has 4 aliphatic carbocycles. The Bertz CT molecular complexity index is 1390. The Morgan fingerprint density at radius 1 is 0.980 bits per heavy atom. The second-order valence-electron chi connectivity index (χ2n) is 18.1. The van der Waals surface area contributed by atoms with Crippen LogP contribution >= 0.6 is 0 Å². The number of aliphatic hydroxyl groups excluding tert-OH is 3. The number of nitrogens with zero attached hydrogens (tertiary/aromatic N) is 1. The van der Waals surface area contributed by atoms with Crippen LogP contribution in [0.25, 0.3) is 0 Å². The molecule has 0 amide bonds. The molecule has 3 heterocycles. The van der Waals surface area contributed by atoms with E-state index >= 15 is 0 Å². The van der Waals surface area contributed by atoms with Gasteiger partial charge in [-0.2, -0.15) is 0 Å². The van der Waals surface area contributed by atoms with Crippen LogP contribution < -0.4 is 0 Å². The molecule has 13 nitrogen and oxygen atoms in total. The van der Waals surface area contributed by atoms with Gasteiger partial charge in [0, 0.05) is 30.5 Å². The largest absolute Gasteiger partial charge is 0.456 e. The summed E-state index contributed by atoms with van der Waals surface area (Å²) in [6, 6.07) is -0.263. The molecule has 4 saturated carbocycles. The molecule has 7 N–H and O–H groups in total. The molecule has 0 aromatic rings. The quantitative estimate of drug-likeness (QED) is 0.188. The number of carbonyl (C=O) groups excluding carboxylic acids is 2. The van der Waals surface area contributed by atoms with Gasteiger partial charge >= 0.3 is 11.9 Å². The lowest BCUT2D eigenvalue weighted by Crippen LogP contribution is -2.78. The number of fused-ring (bicyclic) bond motifs is 5. The van der Waals surface area contributed by atoms with Crippen molar-refractivity contribution in [2.24, 2.45) is 46.8 Å². The summed E-state index contributed by atoms with van der Waals surface area (Å²) in [5.74, 6) is -8.72. The number of rotatable bonds is 6. The minimum atomic E-state index is -2.29. The van der Waals surface area contributed by atoms with E-state index < -0.39 is 112 Å². The van der Waals surface area contributed by atoms with Gasteiger partial charge in [-0.05, 0) is 76.5 Å². The highest BCUT2D eigenvalue weighted by Gasteiger charge is 2.89. The molecule has 7 fully saturated rings. The maximum absolute atomic E-state index is 13.5. The fourth-order valence-corrected chi connectivity index (χ4v) is 12.5. The van der Waals surface area contributed by atoms with Crippen LogP contribution in [0.2, 0.25) is 0 Å². The van der Waals surface area contributed by atoms with Crippen LogP contribution in [0.3, 0.4) is 0 Å². The third-order valence-corrected chi connectivity index (χ3v) is 15.4. The highest BCUT2D eigenvalue weighted by Crippen LogP contribution is 2.77. The maximum Gasteiger partial charge on any atom is 0.338 e. The lowest BCUT2D eigenvalue weighted by atomic mass is 9.48. The lowest BCUT2D eigenvalue weighted by Gasteiger charge is -2.64. The molecule has 4 bridgehead atoms. The zero-order chi connectivity index (χ0) is 36.7. The van der Waals surface area contributed by atoms with E-state index in [-0.39, 0.29) is 31.7 Å². The van der Waals surface area contributed by atoms with Crippen LogP contribution in [0, 0.1) is 46.8 Å². The maximum atomic E-state index is 13.5. The first kappa shape index (κ1) is 36.9. The van der Waals surface area contributed by atoms with Crippen LogP contribution in [0.4, 0.5) is 0 Å². The number of carbonyl (C=O) groups is 2. The van der Waals surface area contributed by atoms with Crippen molar-refractivity contribution in [2.75, 3.05) is 13.1 Å². The van der Waals surface area contributed by atoms with E-state index in [0.29, 0.717) is 18.9 Å². The zero-order valence-electron chi connectivity index (χ0n) is 30.5. The van der Waals surface area contributed by atoms with E-state index in [1.807, 2.05) is 13.8 Å². The Balaban J connectivity index is 1.37. The van der Waals surface area contributed by atoms with E-state index in [4.69, 9.17) is 14.2 Å². The number of piperidine rings is 2. The second kappa shape index (κ2) is 11.5. The van der Waals surface area contributed by atoms with Gasteiger partial charge in [-0.15, -0.1) is 0 Å². The third-order valence-electron chi connectivity index (χ3n) is 15.4. The molecule has 13 heteroatoms. The van der Waals surface area contributed by atoms with E-state index in [0.717, 1.165) is 19.4 Å².